The fourth-order valence-electron chi connectivity index (χ4n) is 4.09. The van der Waals surface area contributed by atoms with Crippen molar-refractivity contribution in [2.45, 2.75) is 25.9 Å². The van der Waals surface area contributed by atoms with Crippen LogP contribution in [-0.2, 0) is 0 Å². The molecule has 31 heavy (non-hydrogen) atoms. The van der Waals surface area contributed by atoms with Gasteiger partial charge in [0.2, 0.25) is 0 Å². The smallest absolute Gasteiger partial charge is 0.174 e. The number of aryl methyl sites for hydroxylation is 2. The van der Waals surface area contributed by atoms with E-state index >= 15 is 0 Å². The lowest BCUT2D eigenvalue weighted by Gasteiger charge is -2.29. The van der Waals surface area contributed by atoms with Crippen molar-refractivity contribution >= 4 is 23.0 Å². The summed E-state index contributed by atoms with van der Waals surface area (Å²) >= 11 is 5.82. The minimum Gasteiger partial charge on any atom is -0.351 e. The van der Waals surface area contributed by atoms with Crippen LogP contribution >= 0.6 is 12.2 Å². The van der Waals surface area contributed by atoms with Crippen molar-refractivity contribution in [3.05, 3.63) is 108 Å². The molecule has 1 saturated heterocycles. The Balaban J connectivity index is 1.66. The zero-order valence-corrected chi connectivity index (χ0v) is 18.3. The number of hydrogen-bond donors (Lipinski definition) is 1. The molecule has 0 spiro atoms. The molecule has 1 aromatic carbocycles. The summed E-state index contributed by atoms with van der Waals surface area (Å²) in [4.78, 5) is 11.5. The first-order valence-electron chi connectivity index (χ1n) is 10.3. The van der Waals surface area contributed by atoms with Gasteiger partial charge in [0.1, 0.15) is 11.9 Å². The Morgan fingerprint density at radius 1 is 0.871 bits per heavy atom. The molecule has 2 atom stereocenters. The molecule has 0 radical (unpaired) electrons. The highest BCUT2D eigenvalue weighted by Gasteiger charge is 2.42. The summed E-state index contributed by atoms with van der Waals surface area (Å²) in [5, 5.41) is 4.21. The van der Waals surface area contributed by atoms with E-state index in [-0.39, 0.29) is 12.1 Å². The van der Waals surface area contributed by atoms with Crippen LogP contribution in [0, 0.1) is 13.8 Å². The fraction of sp³-hybridized carbons (Fsp3) is 0.160. The summed E-state index contributed by atoms with van der Waals surface area (Å²) in [6.07, 6.45) is 5.77. The summed E-state index contributed by atoms with van der Waals surface area (Å²) in [7, 11) is 0. The van der Waals surface area contributed by atoms with Crippen LogP contribution in [0.5, 0.6) is 0 Å². The second-order valence-electron chi connectivity index (χ2n) is 7.83. The van der Waals surface area contributed by atoms with Crippen LogP contribution in [0.25, 0.3) is 5.82 Å². The normalized spacial score (nSPS) is 18.3. The van der Waals surface area contributed by atoms with Crippen molar-refractivity contribution in [1.29, 1.82) is 0 Å². The van der Waals surface area contributed by atoms with Gasteiger partial charge in [0.05, 0.1) is 11.7 Å². The van der Waals surface area contributed by atoms with Gasteiger partial charge in [0.15, 0.2) is 5.11 Å². The van der Waals surface area contributed by atoms with Gasteiger partial charge in [-0.25, -0.2) is 4.98 Å². The zero-order valence-electron chi connectivity index (χ0n) is 17.4. The van der Waals surface area contributed by atoms with Crippen molar-refractivity contribution in [3.8, 4) is 5.82 Å². The number of benzene rings is 1. The third kappa shape index (κ3) is 3.59. The lowest BCUT2D eigenvalue weighted by molar-refractivity contribution is 0.548. The van der Waals surface area contributed by atoms with Crippen molar-refractivity contribution < 1.29 is 0 Å². The van der Waals surface area contributed by atoms with Crippen LogP contribution in [0.15, 0.2) is 85.3 Å². The lowest BCUT2D eigenvalue weighted by atomic mass is 10.0. The third-order valence-corrected chi connectivity index (χ3v) is 5.95. The van der Waals surface area contributed by atoms with E-state index in [2.05, 4.69) is 80.3 Å². The van der Waals surface area contributed by atoms with Gasteiger partial charge < -0.3 is 14.8 Å². The summed E-state index contributed by atoms with van der Waals surface area (Å²) in [5.41, 5.74) is 5.45. The molecule has 0 bridgehead atoms. The molecule has 1 aliphatic heterocycles. The molecule has 3 aromatic heterocycles. The van der Waals surface area contributed by atoms with E-state index in [0.717, 1.165) is 28.5 Å². The largest absolute Gasteiger partial charge is 0.351 e. The molecule has 6 heteroatoms. The van der Waals surface area contributed by atoms with Crippen molar-refractivity contribution in [1.82, 2.24) is 19.9 Å². The predicted molar refractivity (Wildman–Crippen MR) is 127 cm³/mol. The molecule has 4 heterocycles. The van der Waals surface area contributed by atoms with Gasteiger partial charge in [-0.2, -0.15) is 0 Å². The van der Waals surface area contributed by atoms with Crippen LogP contribution in [-0.4, -0.2) is 19.6 Å². The topological polar surface area (TPSA) is 46.0 Å². The van der Waals surface area contributed by atoms with E-state index < -0.39 is 0 Å². The number of nitrogens with one attached hydrogen (secondary N) is 1. The highest BCUT2D eigenvalue weighted by Crippen LogP contribution is 2.42. The summed E-state index contributed by atoms with van der Waals surface area (Å²) in [5.74, 6) is 0.882. The van der Waals surface area contributed by atoms with E-state index in [0.29, 0.717) is 5.11 Å². The standard InChI is InChI=1S/C25H23N5S/c1-17-8-11-19(12-9-17)30-24(23(28-25(30)31)20-6-3-4-14-26-20)21-7-5-15-29(21)22-13-10-18(2)16-27-22/h3-16,23-24H,1-2H3,(H,28,31)/t23-,24+/m0/s1. The van der Waals surface area contributed by atoms with Crippen LogP contribution in [0.2, 0.25) is 0 Å². The molecule has 4 aromatic rings. The van der Waals surface area contributed by atoms with Crippen molar-refractivity contribution in [3.63, 3.8) is 0 Å². The molecule has 0 aliphatic carbocycles. The molecule has 154 valence electrons. The van der Waals surface area contributed by atoms with E-state index in [4.69, 9.17) is 12.2 Å². The predicted octanol–water partition coefficient (Wildman–Crippen LogP) is 5.06. The van der Waals surface area contributed by atoms with Gasteiger partial charge in [-0.05, 0) is 74.1 Å². The Hall–Kier alpha value is -3.51. The Kier molecular flexibility index (Phi) is 5.00. The maximum atomic E-state index is 5.82. The average molecular weight is 426 g/mol. The first-order valence-corrected chi connectivity index (χ1v) is 10.7. The maximum Gasteiger partial charge on any atom is 0.174 e. The summed E-state index contributed by atoms with van der Waals surface area (Å²) in [6.45, 7) is 4.13. The van der Waals surface area contributed by atoms with Gasteiger partial charge in [-0.3, -0.25) is 4.98 Å². The first kappa shape index (κ1) is 19.5. The van der Waals surface area contributed by atoms with Crippen molar-refractivity contribution in [2.75, 3.05) is 4.90 Å². The molecule has 1 N–H and O–H groups in total. The molecule has 0 unspecified atom stereocenters. The van der Waals surface area contributed by atoms with Crippen molar-refractivity contribution in [2.24, 2.45) is 0 Å². The first-order chi connectivity index (χ1) is 15.1. The Morgan fingerprint density at radius 2 is 1.68 bits per heavy atom. The van der Waals surface area contributed by atoms with E-state index in [1.165, 1.54) is 5.56 Å². The third-order valence-electron chi connectivity index (χ3n) is 5.64. The maximum absolute atomic E-state index is 5.82. The monoisotopic (exact) mass is 425 g/mol. The average Bonchev–Trinajstić information content (AvgIpc) is 3.40. The van der Waals surface area contributed by atoms with Gasteiger partial charge in [0, 0.05) is 30.0 Å². The molecule has 1 fully saturated rings. The molecule has 5 rings (SSSR count). The van der Waals surface area contributed by atoms with Gasteiger partial charge in [-0.1, -0.05) is 29.8 Å². The van der Waals surface area contributed by atoms with Gasteiger partial charge in [-0.15, -0.1) is 0 Å². The van der Waals surface area contributed by atoms with Crippen LogP contribution < -0.4 is 10.2 Å². The number of rotatable bonds is 4. The van der Waals surface area contributed by atoms with E-state index in [1.54, 1.807) is 0 Å². The van der Waals surface area contributed by atoms with Crippen LogP contribution in [0.4, 0.5) is 5.69 Å². The zero-order chi connectivity index (χ0) is 21.4. The quantitative estimate of drug-likeness (QED) is 0.463. The van der Waals surface area contributed by atoms with Gasteiger partial charge in [0.25, 0.3) is 0 Å². The molecule has 5 nitrogen and oxygen atoms in total. The minimum absolute atomic E-state index is 0.0804. The second kappa shape index (κ2) is 7.96. The second-order valence-corrected chi connectivity index (χ2v) is 8.22. The molecule has 0 saturated carbocycles. The van der Waals surface area contributed by atoms with Gasteiger partial charge >= 0.3 is 0 Å². The number of thiocarbonyl (C=S) groups is 1. The fourth-order valence-corrected chi connectivity index (χ4v) is 4.43. The Bertz CT molecular complexity index is 1200. The Labute approximate surface area is 187 Å². The number of anilines is 1. The summed E-state index contributed by atoms with van der Waals surface area (Å²) < 4.78 is 2.14. The highest BCUT2D eigenvalue weighted by molar-refractivity contribution is 7.80. The number of nitrogens with zero attached hydrogens (tertiary/aromatic N) is 4. The molecular weight excluding hydrogens is 402 g/mol. The lowest BCUT2D eigenvalue weighted by Crippen LogP contribution is -2.30. The number of aromatic nitrogens is 3. The number of pyridine rings is 2. The SMILES string of the molecule is Cc1ccc(N2C(=S)N[C@@H](c3ccccn3)[C@H]2c2cccn2-c2ccc(C)cn2)cc1. The van der Waals surface area contributed by atoms with E-state index in [9.17, 15) is 0 Å². The highest BCUT2D eigenvalue weighted by atomic mass is 32.1. The van der Waals surface area contributed by atoms with Crippen LogP contribution in [0.3, 0.4) is 0 Å². The molecule has 1 aliphatic rings. The van der Waals surface area contributed by atoms with E-state index in [1.807, 2.05) is 43.6 Å². The Morgan fingerprint density at radius 3 is 2.39 bits per heavy atom. The summed E-state index contributed by atoms with van der Waals surface area (Å²) in [6, 6.07) is 22.6. The number of hydrogen-bond acceptors (Lipinski definition) is 3. The molecular formula is C25H23N5S. The minimum atomic E-state index is -0.0888. The molecule has 0 amide bonds. The van der Waals surface area contributed by atoms with Crippen LogP contribution in [0.1, 0.15) is 34.6 Å².